The molecule has 1 aromatic rings. The van der Waals surface area contributed by atoms with Crippen molar-refractivity contribution in [3.63, 3.8) is 0 Å². The van der Waals surface area contributed by atoms with E-state index in [2.05, 4.69) is 22.2 Å². The Morgan fingerprint density at radius 2 is 2.14 bits per heavy atom. The first-order chi connectivity index (χ1) is 6.84. The van der Waals surface area contributed by atoms with Crippen molar-refractivity contribution in [2.75, 3.05) is 0 Å². The highest BCUT2D eigenvalue weighted by molar-refractivity contribution is 5.02. The highest BCUT2D eigenvalue weighted by Gasteiger charge is 2.20. The standard InChI is InChI=1S/C11H17N3/c1-9-2-3-11(4-9)14-7-10-5-12-8-13-6-10/h5-6,8-9,11,14H,2-4,7H2,1H3. The second-order valence-electron chi connectivity index (χ2n) is 4.24. The second kappa shape index (κ2) is 4.51. The molecule has 1 aliphatic carbocycles. The van der Waals surface area contributed by atoms with Crippen molar-refractivity contribution < 1.29 is 0 Å². The number of nitrogens with one attached hydrogen (secondary N) is 1. The van der Waals surface area contributed by atoms with Gasteiger partial charge in [-0.3, -0.25) is 0 Å². The Bertz CT molecular complexity index is 273. The Balaban J connectivity index is 1.78. The average Bonchev–Trinajstić information content (AvgIpc) is 2.63. The van der Waals surface area contributed by atoms with Gasteiger partial charge in [0.05, 0.1) is 0 Å². The highest BCUT2D eigenvalue weighted by Crippen LogP contribution is 2.24. The molecule has 1 fully saturated rings. The van der Waals surface area contributed by atoms with Crippen LogP contribution in [0.25, 0.3) is 0 Å². The maximum Gasteiger partial charge on any atom is 0.115 e. The summed E-state index contributed by atoms with van der Waals surface area (Å²) in [5.41, 5.74) is 1.17. The molecule has 0 bridgehead atoms. The topological polar surface area (TPSA) is 37.8 Å². The zero-order valence-electron chi connectivity index (χ0n) is 8.61. The van der Waals surface area contributed by atoms with Gasteiger partial charge in [0, 0.05) is 30.5 Å². The lowest BCUT2D eigenvalue weighted by molar-refractivity contribution is 0.501. The first kappa shape index (κ1) is 9.59. The number of rotatable bonds is 3. The minimum absolute atomic E-state index is 0.699. The molecular formula is C11H17N3. The Morgan fingerprint density at radius 3 is 2.79 bits per heavy atom. The van der Waals surface area contributed by atoms with Crippen molar-refractivity contribution in [2.24, 2.45) is 5.92 Å². The Kier molecular flexibility index (Phi) is 3.09. The lowest BCUT2D eigenvalue weighted by atomic mass is 10.1. The predicted molar refractivity (Wildman–Crippen MR) is 55.7 cm³/mol. The van der Waals surface area contributed by atoms with Gasteiger partial charge < -0.3 is 5.32 Å². The van der Waals surface area contributed by atoms with E-state index in [4.69, 9.17) is 0 Å². The zero-order valence-corrected chi connectivity index (χ0v) is 8.61. The van der Waals surface area contributed by atoms with Gasteiger partial charge in [0.15, 0.2) is 0 Å². The van der Waals surface area contributed by atoms with E-state index in [1.165, 1.54) is 24.8 Å². The molecule has 1 saturated carbocycles. The number of hydrogen-bond acceptors (Lipinski definition) is 3. The third kappa shape index (κ3) is 2.51. The average molecular weight is 191 g/mol. The van der Waals surface area contributed by atoms with Crippen molar-refractivity contribution in [1.82, 2.24) is 15.3 Å². The molecule has 1 aliphatic rings. The molecule has 2 atom stereocenters. The molecule has 14 heavy (non-hydrogen) atoms. The van der Waals surface area contributed by atoms with E-state index >= 15 is 0 Å². The zero-order chi connectivity index (χ0) is 9.80. The largest absolute Gasteiger partial charge is 0.310 e. The van der Waals surface area contributed by atoms with Crippen LogP contribution in [0.5, 0.6) is 0 Å². The Hall–Kier alpha value is -0.960. The first-order valence-corrected chi connectivity index (χ1v) is 5.32. The summed E-state index contributed by atoms with van der Waals surface area (Å²) in [5.74, 6) is 0.888. The molecule has 2 unspecified atom stereocenters. The van der Waals surface area contributed by atoms with Crippen LogP contribution >= 0.6 is 0 Å². The molecule has 2 rings (SSSR count). The fourth-order valence-electron chi connectivity index (χ4n) is 2.08. The number of nitrogens with zero attached hydrogens (tertiary/aromatic N) is 2. The highest BCUT2D eigenvalue weighted by atomic mass is 14.9. The summed E-state index contributed by atoms with van der Waals surface area (Å²) in [6.07, 6.45) is 9.31. The summed E-state index contributed by atoms with van der Waals surface area (Å²) in [6.45, 7) is 3.23. The van der Waals surface area contributed by atoms with Crippen LogP contribution in [0.4, 0.5) is 0 Å². The van der Waals surface area contributed by atoms with Gasteiger partial charge in [-0.1, -0.05) is 6.92 Å². The van der Waals surface area contributed by atoms with Crippen LogP contribution < -0.4 is 5.32 Å². The van der Waals surface area contributed by atoms with Crippen molar-refractivity contribution in [3.05, 3.63) is 24.3 Å². The maximum absolute atomic E-state index is 3.99. The van der Waals surface area contributed by atoms with Gasteiger partial charge in [-0.2, -0.15) is 0 Å². The minimum atomic E-state index is 0.699. The first-order valence-electron chi connectivity index (χ1n) is 5.32. The fourth-order valence-corrected chi connectivity index (χ4v) is 2.08. The molecule has 0 aliphatic heterocycles. The van der Waals surface area contributed by atoms with Crippen molar-refractivity contribution in [3.8, 4) is 0 Å². The number of hydrogen-bond donors (Lipinski definition) is 1. The van der Waals surface area contributed by atoms with Crippen LogP contribution in [-0.4, -0.2) is 16.0 Å². The summed E-state index contributed by atoms with van der Waals surface area (Å²) < 4.78 is 0. The smallest absolute Gasteiger partial charge is 0.115 e. The normalized spacial score (nSPS) is 26.6. The van der Waals surface area contributed by atoms with Gasteiger partial charge >= 0.3 is 0 Å². The van der Waals surface area contributed by atoms with E-state index in [0.29, 0.717) is 6.04 Å². The molecule has 0 aromatic carbocycles. The van der Waals surface area contributed by atoms with Crippen molar-refractivity contribution in [2.45, 2.75) is 38.8 Å². The molecule has 3 nitrogen and oxygen atoms in total. The predicted octanol–water partition coefficient (Wildman–Crippen LogP) is 1.75. The molecule has 0 saturated heterocycles. The van der Waals surface area contributed by atoms with E-state index in [9.17, 15) is 0 Å². The van der Waals surface area contributed by atoms with Gasteiger partial charge in [-0.25, -0.2) is 9.97 Å². The van der Waals surface area contributed by atoms with Gasteiger partial charge in [0.2, 0.25) is 0 Å². The van der Waals surface area contributed by atoms with Crippen molar-refractivity contribution >= 4 is 0 Å². The van der Waals surface area contributed by atoms with E-state index in [1.807, 2.05) is 12.4 Å². The monoisotopic (exact) mass is 191 g/mol. The maximum atomic E-state index is 3.99. The SMILES string of the molecule is CC1CCC(NCc2cncnc2)C1. The summed E-state index contributed by atoms with van der Waals surface area (Å²) in [4.78, 5) is 7.99. The molecule has 1 heterocycles. The van der Waals surface area contributed by atoms with Gasteiger partial charge in [0.25, 0.3) is 0 Å². The summed E-state index contributed by atoms with van der Waals surface area (Å²) in [6, 6.07) is 0.699. The number of aromatic nitrogens is 2. The van der Waals surface area contributed by atoms with Crippen LogP contribution in [0.1, 0.15) is 31.7 Å². The summed E-state index contributed by atoms with van der Waals surface area (Å²) >= 11 is 0. The van der Waals surface area contributed by atoms with E-state index in [-0.39, 0.29) is 0 Å². The van der Waals surface area contributed by atoms with Crippen molar-refractivity contribution in [1.29, 1.82) is 0 Å². The molecular weight excluding hydrogens is 174 g/mol. The molecule has 76 valence electrons. The summed E-state index contributed by atoms with van der Waals surface area (Å²) in [7, 11) is 0. The molecule has 0 radical (unpaired) electrons. The van der Waals surface area contributed by atoms with Gasteiger partial charge in [-0.15, -0.1) is 0 Å². The van der Waals surface area contributed by atoms with Crippen LogP contribution in [0.2, 0.25) is 0 Å². The summed E-state index contributed by atoms with van der Waals surface area (Å²) in [5, 5.41) is 3.55. The fraction of sp³-hybridized carbons (Fsp3) is 0.636. The molecule has 3 heteroatoms. The minimum Gasteiger partial charge on any atom is -0.310 e. The Morgan fingerprint density at radius 1 is 1.36 bits per heavy atom. The van der Waals surface area contributed by atoms with Crippen LogP contribution in [-0.2, 0) is 6.54 Å². The van der Waals surface area contributed by atoms with E-state index < -0.39 is 0 Å². The lowest BCUT2D eigenvalue weighted by Gasteiger charge is -2.11. The Labute approximate surface area is 85.0 Å². The molecule has 1 aromatic heterocycles. The molecule has 0 amide bonds. The second-order valence-corrected chi connectivity index (χ2v) is 4.24. The third-order valence-corrected chi connectivity index (χ3v) is 2.90. The quantitative estimate of drug-likeness (QED) is 0.791. The molecule has 0 spiro atoms. The van der Waals surface area contributed by atoms with Gasteiger partial charge in [0.1, 0.15) is 6.33 Å². The van der Waals surface area contributed by atoms with E-state index in [0.717, 1.165) is 12.5 Å². The van der Waals surface area contributed by atoms with E-state index in [1.54, 1.807) is 6.33 Å². The van der Waals surface area contributed by atoms with Crippen LogP contribution in [0.3, 0.4) is 0 Å². The third-order valence-electron chi connectivity index (χ3n) is 2.90. The lowest BCUT2D eigenvalue weighted by Crippen LogP contribution is -2.25. The van der Waals surface area contributed by atoms with Crippen LogP contribution in [0, 0.1) is 5.92 Å². The van der Waals surface area contributed by atoms with Crippen LogP contribution in [0.15, 0.2) is 18.7 Å². The van der Waals surface area contributed by atoms with Gasteiger partial charge in [-0.05, 0) is 25.2 Å². The molecule has 1 N–H and O–H groups in total.